The lowest BCUT2D eigenvalue weighted by molar-refractivity contribution is -0.170. The number of cyclic esters (lactones) is 1. The Labute approximate surface area is 255 Å². The first-order valence-electron chi connectivity index (χ1n) is 14.0. The molecule has 1 aromatic heterocycles. The number of benzene rings is 2. The fourth-order valence-corrected chi connectivity index (χ4v) is 4.42. The molecular formula is C32H36N2O10. The third kappa shape index (κ3) is 9.24. The number of ether oxygens (including phenoxy) is 7. The first-order valence-corrected chi connectivity index (χ1v) is 14.0. The van der Waals surface area contributed by atoms with Gasteiger partial charge in [0.15, 0.2) is 23.2 Å². The minimum atomic E-state index is -1.19. The van der Waals surface area contributed by atoms with Crippen LogP contribution in [-0.2, 0) is 46.5 Å². The molecule has 1 fully saturated rings. The number of aromatic nitrogens is 1. The second-order valence-electron chi connectivity index (χ2n) is 9.89. The molecule has 2 aromatic carbocycles. The van der Waals surface area contributed by atoms with E-state index in [1.807, 2.05) is 60.7 Å². The number of pyridine rings is 1. The molecule has 0 radical (unpaired) electrons. The summed E-state index contributed by atoms with van der Waals surface area (Å²) in [4.78, 5) is 41.9. The van der Waals surface area contributed by atoms with Gasteiger partial charge in [-0.2, -0.15) is 0 Å². The van der Waals surface area contributed by atoms with E-state index in [2.05, 4.69) is 10.3 Å². The Kier molecular flexibility index (Phi) is 12.0. The van der Waals surface area contributed by atoms with Gasteiger partial charge in [-0.1, -0.05) is 60.7 Å². The quantitative estimate of drug-likeness (QED) is 0.239. The SMILES string of the molecule is COc1ccnc(C(=O)N[C@H]2COC[C@@H](OCc3ccccc3)[C@H](OCc3ccccc3)[C@H](C)OC2=O)c1OCOC(C)=O. The Morgan fingerprint density at radius 2 is 1.61 bits per heavy atom. The Morgan fingerprint density at radius 1 is 0.955 bits per heavy atom. The molecule has 0 saturated carbocycles. The summed E-state index contributed by atoms with van der Waals surface area (Å²) >= 11 is 0. The molecule has 1 saturated heterocycles. The molecule has 4 atom stereocenters. The van der Waals surface area contributed by atoms with Crippen molar-refractivity contribution in [3.05, 3.63) is 89.7 Å². The molecule has 1 aliphatic rings. The topological polar surface area (TPSA) is 141 Å². The summed E-state index contributed by atoms with van der Waals surface area (Å²) < 4.78 is 39.8. The Bertz CT molecular complexity index is 1370. The Balaban J connectivity index is 1.50. The molecule has 12 heteroatoms. The van der Waals surface area contributed by atoms with Crippen molar-refractivity contribution in [2.45, 2.75) is 51.4 Å². The van der Waals surface area contributed by atoms with Crippen LogP contribution < -0.4 is 14.8 Å². The molecule has 4 rings (SSSR count). The van der Waals surface area contributed by atoms with Gasteiger partial charge in [0.05, 0.1) is 33.5 Å². The van der Waals surface area contributed by atoms with E-state index in [4.69, 9.17) is 33.2 Å². The maximum atomic E-state index is 13.3. The van der Waals surface area contributed by atoms with Crippen molar-refractivity contribution in [3.63, 3.8) is 0 Å². The second-order valence-corrected chi connectivity index (χ2v) is 9.89. The van der Waals surface area contributed by atoms with Crippen LogP contribution in [0.5, 0.6) is 11.5 Å². The molecule has 0 bridgehead atoms. The molecule has 0 unspecified atom stereocenters. The molecule has 0 spiro atoms. The van der Waals surface area contributed by atoms with Gasteiger partial charge in [0.2, 0.25) is 6.79 Å². The van der Waals surface area contributed by atoms with Crippen molar-refractivity contribution in [2.24, 2.45) is 0 Å². The normalized spacial score (nSPS) is 20.3. The minimum Gasteiger partial charge on any atom is -0.493 e. The third-order valence-electron chi connectivity index (χ3n) is 6.65. The monoisotopic (exact) mass is 608 g/mol. The predicted octanol–water partition coefficient (Wildman–Crippen LogP) is 3.22. The van der Waals surface area contributed by atoms with Gasteiger partial charge in [-0.05, 0) is 18.1 Å². The maximum Gasteiger partial charge on any atom is 0.331 e. The van der Waals surface area contributed by atoms with Crippen LogP contribution in [0, 0.1) is 0 Å². The zero-order valence-electron chi connectivity index (χ0n) is 24.8. The molecule has 234 valence electrons. The number of hydrogen-bond donors (Lipinski definition) is 1. The third-order valence-corrected chi connectivity index (χ3v) is 6.65. The van der Waals surface area contributed by atoms with E-state index in [0.29, 0.717) is 6.61 Å². The minimum absolute atomic E-state index is 0.0633. The fourth-order valence-electron chi connectivity index (χ4n) is 4.42. The van der Waals surface area contributed by atoms with Gasteiger partial charge >= 0.3 is 11.9 Å². The van der Waals surface area contributed by atoms with Crippen LogP contribution in [0.2, 0.25) is 0 Å². The van der Waals surface area contributed by atoms with Gasteiger partial charge < -0.3 is 38.5 Å². The number of hydrogen-bond acceptors (Lipinski definition) is 11. The van der Waals surface area contributed by atoms with Gasteiger partial charge in [-0.3, -0.25) is 9.59 Å². The average Bonchev–Trinajstić information content (AvgIpc) is 3.08. The number of esters is 2. The molecule has 12 nitrogen and oxygen atoms in total. The van der Waals surface area contributed by atoms with E-state index in [0.717, 1.165) is 11.1 Å². The van der Waals surface area contributed by atoms with Crippen LogP contribution in [0.4, 0.5) is 0 Å². The van der Waals surface area contributed by atoms with Crippen LogP contribution in [0.25, 0.3) is 0 Å². The summed E-state index contributed by atoms with van der Waals surface area (Å²) in [6.07, 6.45) is -0.697. The Hall–Kier alpha value is -4.52. The van der Waals surface area contributed by atoms with Gasteiger partial charge in [0.25, 0.3) is 5.91 Å². The average molecular weight is 609 g/mol. The maximum absolute atomic E-state index is 13.3. The number of methoxy groups -OCH3 is 1. The lowest BCUT2D eigenvalue weighted by Crippen LogP contribution is -2.47. The van der Waals surface area contributed by atoms with Crippen molar-refractivity contribution in [1.82, 2.24) is 10.3 Å². The van der Waals surface area contributed by atoms with E-state index >= 15 is 0 Å². The van der Waals surface area contributed by atoms with Crippen LogP contribution in [0.15, 0.2) is 72.9 Å². The summed E-state index contributed by atoms with van der Waals surface area (Å²) in [7, 11) is 1.38. The van der Waals surface area contributed by atoms with Crippen LogP contribution >= 0.6 is 0 Å². The largest absolute Gasteiger partial charge is 0.493 e. The zero-order valence-corrected chi connectivity index (χ0v) is 24.8. The van der Waals surface area contributed by atoms with Gasteiger partial charge in [-0.25, -0.2) is 9.78 Å². The first-order chi connectivity index (χ1) is 21.4. The summed E-state index contributed by atoms with van der Waals surface area (Å²) in [5.74, 6) is -1.95. The van der Waals surface area contributed by atoms with Crippen LogP contribution in [0.1, 0.15) is 35.5 Å². The number of carbonyl (C=O) groups is 3. The van der Waals surface area contributed by atoms with Crippen molar-refractivity contribution >= 4 is 17.8 Å². The molecule has 2 heterocycles. The van der Waals surface area contributed by atoms with Crippen LogP contribution in [0.3, 0.4) is 0 Å². The lowest BCUT2D eigenvalue weighted by Gasteiger charge is -2.30. The summed E-state index contributed by atoms with van der Waals surface area (Å²) in [5.41, 5.74) is 1.71. The zero-order chi connectivity index (χ0) is 31.3. The Morgan fingerprint density at radius 3 is 2.25 bits per heavy atom. The first kappa shape index (κ1) is 32.4. The van der Waals surface area contributed by atoms with Crippen molar-refractivity contribution in [3.8, 4) is 11.5 Å². The number of amides is 1. The molecule has 1 N–H and O–H groups in total. The number of carbonyl (C=O) groups excluding carboxylic acids is 3. The number of nitrogens with zero attached hydrogens (tertiary/aromatic N) is 1. The lowest BCUT2D eigenvalue weighted by atomic mass is 10.1. The van der Waals surface area contributed by atoms with E-state index < -0.39 is 49.0 Å². The summed E-state index contributed by atoms with van der Waals surface area (Å²) in [6.45, 7) is 2.86. The molecule has 1 aliphatic heterocycles. The summed E-state index contributed by atoms with van der Waals surface area (Å²) in [5, 5.41) is 2.61. The highest BCUT2D eigenvalue weighted by atomic mass is 16.7. The fraction of sp³-hybridized carbons (Fsp3) is 0.375. The van der Waals surface area contributed by atoms with Gasteiger partial charge in [0, 0.05) is 19.2 Å². The molecule has 44 heavy (non-hydrogen) atoms. The van der Waals surface area contributed by atoms with Crippen molar-refractivity contribution in [1.29, 1.82) is 0 Å². The molecule has 0 aliphatic carbocycles. The second kappa shape index (κ2) is 16.4. The van der Waals surface area contributed by atoms with Crippen LogP contribution in [-0.4, -0.2) is 74.3 Å². The standard InChI is InChI=1S/C32H36N2O10/c1-21-29(41-17-24-12-8-5-9-13-24)27(40-16-23-10-6-4-7-11-23)19-39-18-25(32(37)44-21)34-31(36)28-30(43-20-42-22(2)35)26(38-3)14-15-33-28/h4-15,21,25,27,29H,16-20H2,1-3H3,(H,34,36)/t21-,25-,27+,29+/m0/s1. The van der Waals surface area contributed by atoms with Gasteiger partial charge in [-0.15, -0.1) is 0 Å². The molecule has 1 amide bonds. The highest BCUT2D eigenvalue weighted by Gasteiger charge is 2.37. The van der Waals surface area contributed by atoms with E-state index in [1.54, 1.807) is 6.92 Å². The molecular weight excluding hydrogens is 572 g/mol. The van der Waals surface area contributed by atoms with E-state index in [-0.39, 0.29) is 37.0 Å². The van der Waals surface area contributed by atoms with Crippen molar-refractivity contribution < 1.29 is 47.5 Å². The molecule has 3 aromatic rings. The van der Waals surface area contributed by atoms with Crippen molar-refractivity contribution in [2.75, 3.05) is 27.1 Å². The summed E-state index contributed by atoms with van der Waals surface area (Å²) in [6, 6.07) is 19.5. The number of nitrogens with one attached hydrogen (secondary N) is 1. The van der Waals surface area contributed by atoms with E-state index in [1.165, 1.54) is 26.3 Å². The van der Waals surface area contributed by atoms with E-state index in [9.17, 15) is 14.4 Å². The highest BCUT2D eigenvalue weighted by molar-refractivity contribution is 5.98. The number of rotatable bonds is 12. The van der Waals surface area contributed by atoms with Gasteiger partial charge in [0.1, 0.15) is 18.3 Å². The predicted molar refractivity (Wildman–Crippen MR) is 156 cm³/mol. The smallest absolute Gasteiger partial charge is 0.331 e. The highest BCUT2D eigenvalue weighted by Crippen LogP contribution is 2.30.